The van der Waals surface area contributed by atoms with Gasteiger partial charge in [0.05, 0.1) is 4.90 Å². The van der Waals surface area contributed by atoms with Crippen LogP contribution in [-0.2, 0) is 26.2 Å². The number of sulfonamides is 1. The van der Waals surface area contributed by atoms with E-state index in [4.69, 9.17) is 9.59 Å². The molecule has 0 heterocycles. The number of benzene rings is 2. The molecular weight excluding hydrogens is 302 g/mol. The second-order valence-electron chi connectivity index (χ2n) is 4.12. The van der Waals surface area contributed by atoms with Crippen LogP contribution in [0.1, 0.15) is 11.1 Å². The molecule has 0 amide bonds. The molecule has 2 aromatic rings. The van der Waals surface area contributed by atoms with Crippen LogP contribution in [0.4, 0.5) is 0 Å². The van der Waals surface area contributed by atoms with Gasteiger partial charge in [0.15, 0.2) is 0 Å². The van der Waals surface area contributed by atoms with Crippen molar-refractivity contribution in [3.05, 3.63) is 65.7 Å². The average molecular weight is 321 g/mol. The smallest absolute Gasteiger partial charge is 0.240 e. The summed E-state index contributed by atoms with van der Waals surface area (Å²) in [6, 6.07) is 16.2. The van der Waals surface area contributed by atoms with Crippen molar-refractivity contribution in [1.82, 2.24) is 4.72 Å². The fraction of sp³-hybridized carbons (Fsp3) is 0.125. The molecule has 0 aliphatic carbocycles. The summed E-state index contributed by atoms with van der Waals surface area (Å²) < 4.78 is 26.6. The molecule has 0 saturated heterocycles. The van der Waals surface area contributed by atoms with Gasteiger partial charge in [0.25, 0.3) is 0 Å². The summed E-state index contributed by atoms with van der Waals surface area (Å²) in [7, 11) is -3.43. The molecule has 1 N–H and O–H groups in total. The van der Waals surface area contributed by atoms with Crippen molar-refractivity contribution in [2.24, 2.45) is 0 Å². The molecule has 118 valence electrons. The highest BCUT2D eigenvalue weighted by atomic mass is 32.2. The van der Waals surface area contributed by atoms with Crippen LogP contribution in [0.5, 0.6) is 0 Å². The Kier molecular flexibility index (Phi) is 9.33. The van der Waals surface area contributed by atoms with E-state index < -0.39 is 10.0 Å². The van der Waals surface area contributed by atoms with E-state index in [1.54, 1.807) is 24.3 Å². The van der Waals surface area contributed by atoms with Gasteiger partial charge >= 0.3 is 0 Å². The number of rotatable bonds is 4. The molecule has 0 atom stereocenters. The number of aryl methyl sites for hydroxylation is 1. The monoisotopic (exact) mass is 321 g/mol. The summed E-state index contributed by atoms with van der Waals surface area (Å²) in [4.78, 5) is 16.3. The molecule has 0 aromatic heterocycles. The maximum atomic E-state index is 12.0. The lowest BCUT2D eigenvalue weighted by Gasteiger charge is -2.07. The number of nitrogens with one attached hydrogen (secondary N) is 1. The first kappa shape index (κ1) is 19.7. The average Bonchev–Trinajstić information content (AvgIpc) is 2.58. The highest BCUT2D eigenvalue weighted by molar-refractivity contribution is 7.89. The van der Waals surface area contributed by atoms with Crippen LogP contribution in [0.3, 0.4) is 0 Å². The van der Waals surface area contributed by atoms with Gasteiger partial charge in [0.1, 0.15) is 13.6 Å². The predicted molar refractivity (Wildman–Crippen MR) is 85.9 cm³/mol. The largest absolute Gasteiger partial charge is 0.307 e. The topological polar surface area (TPSA) is 80.3 Å². The van der Waals surface area contributed by atoms with E-state index in [2.05, 4.69) is 4.72 Å². The van der Waals surface area contributed by atoms with E-state index in [0.717, 1.165) is 11.1 Å². The van der Waals surface area contributed by atoms with Crippen molar-refractivity contribution in [3.8, 4) is 0 Å². The molecule has 0 unspecified atom stereocenters. The minimum Gasteiger partial charge on any atom is -0.307 e. The number of carbonyl (C=O) groups excluding carboxylic acids is 2. The highest BCUT2D eigenvalue weighted by Gasteiger charge is 2.12. The van der Waals surface area contributed by atoms with Crippen LogP contribution in [0.25, 0.3) is 0 Å². The van der Waals surface area contributed by atoms with Crippen molar-refractivity contribution in [2.75, 3.05) is 0 Å². The first-order valence-corrected chi connectivity index (χ1v) is 7.74. The molecule has 22 heavy (non-hydrogen) atoms. The summed E-state index contributed by atoms with van der Waals surface area (Å²) in [5.74, 6) is 0. The molecule has 2 rings (SSSR count). The summed E-state index contributed by atoms with van der Waals surface area (Å²) in [6.07, 6.45) is 0. The Morgan fingerprint density at radius 3 is 1.86 bits per heavy atom. The molecule has 0 fully saturated rings. The van der Waals surface area contributed by atoms with Crippen LogP contribution < -0.4 is 4.72 Å². The van der Waals surface area contributed by atoms with Crippen LogP contribution in [-0.4, -0.2) is 22.0 Å². The fourth-order valence-electron chi connectivity index (χ4n) is 1.57. The third-order valence-electron chi connectivity index (χ3n) is 2.64. The van der Waals surface area contributed by atoms with Gasteiger partial charge in [-0.2, -0.15) is 0 Å². The standard InChI is InChI=1S/C14H15NO2S.2CH2O/c1-12-7-9-14(10-8-12)18(16,17)15-11-13-5-3-2-4-6-13;2*1-2/h2-10,15H,11H2,1H3;2*1H2. The normalized spacial score (nSPS) is 9.68. The zero-order valence-electron chi connectivity index (χ0n) is 12.4. The predicted octanol–water partition coefficient (Wildman–Crippen LogP) is 2.10. The fourth-order valence-corrected chi connectivity index (χ4v) is 2.59. The van der Waals surface area contributed by atoms with Gasteiger partial charge in [0, 0.05) is 6.54 Å². The Labute approximate surface area is 131 Å². The van der Waals surface area contributed by atoms with Crippen LogP contribution in [0, 0.1) is 6.92 Å². The van der Waals surface area contributed by atoms with Crippen molar-refractivity contribution in [2.45, 2.75) is 18.4 Å². The van der Waals surface area contributed by atoms with Crippen LogP contribution in [0.2, 0.25) is 0 Å². The van der Waals surface area contributed by atoms with Gasteiger partial charge in [-0.05, 0) is 24.6 Å². The van der Waals surface area contributed by atoms with E-state index in [1.165, 1.54) is 0 Å². The van der Waals surface area contributed by atoms with E-state index in [9.17, 15) is 8.42 Å². The zero-order chi connectivity index (χ0) is 17.0. The number of carbonyl (C=O) groups is 2. The molecular formula is C16H19NO4S. The van der Waals surface area contributed by atoms with E-state index in [-0.39, 0.29) is 0 Å². The summed E-state index contributed by atoms with van der Waals surface area (Å²) >= 11 is 0. The lowest BCUT2D eigenvalue weighted by Crippen LogP contribution is -2.23. The lowest BCUT2D eigenvalue weighted by atomic mass is 10.2. The molecule has 6 heteroatoms. The zero-order valence-corrected chi connectivity index (χ0v) is 13.2. The van der Waals surface area contributed by atoms with Crippen molar-refractivity contribution in [1.29, 1.82) is 0 Å². The van der Waals surface area contributed by atoms with Crippen LogP contribution >= 0.6 is 0 Å². The Hall–Kier alpha value is -2.31. The summed E-state index contributed by atoms with van der Waals surface area (Å²) in [5.41, 5.74) is 1.98. The first-order chi connectivity index (χ1) is 10.6. The summed E-state index contributed by atoms with van der Waals surface area (Å²) in [5, 5.41) is 0. The molecule has 0 saturated carbocycles. The summed E-state index contributed by atoms with van der Waals surface area (Å²) in [6.45, 7) is 6.23. The van der Waals surface area contributed by atoms with Crippen molar-refractivity contribution in [3.63, 3.8) is 0 Å². The Morgan fingerprint density at radius 1 is 0.864 bits per heavy atom. The maximum absolute atomic E-state index is 12.0. The SMILES string of the molecule is C=O.C=O.Cc1ccc(S(=O)(=O)NCc2ccccc2)cc1. The Morgan fingerprint density at radius 2 is 1.36 bits per heavy atom. The third-order valence-corrected chi connectivity index (χ3v) is 4.06. The molecule has 0 radical (unpaired) electrons. The van der Waals surface area contributed by atoms with Gasteiger partial charge in [-0.15, -0.1) is 0 Å². The lowest BCUT2D eigenvalue weighted by molar-refractivity contribution is -0.0987. The van der Waals surface area contributed by atoms with E-state index in [1.807, 2.05) is 50.8 Å². The second-order valence-corrected chi connectivity index (χ2v) is 5.89. The molecule has 0 spiro atoms. The molecule has 0 aliphatic rings. The van der Waals surface area contributed by atoms with Gasteiger partial charge in [0.2, 0.25) is 10.0 Å². The highest BCUT2D eigenvalue weighted by Crippen LogP contribution is 2.10. The molecule has 0 bridgehead atoms. The van der Waals surface area contributed by atoms with E-state index >= 15 is 0 Å². The molecule has 5 nitrogen and oxygen atoms in total. The van der Waals surface area contributed by atoms with Crippen molar-refractivity contribution < 1.29 is 18.0 Å². The third kappa shape index (κ3) is 6.43. The maximum Gasteiger partial charge on any atom is 0.240 e. The quantitative estimate of drug-likeness (QED) is 0.935. The molecule has 0 aliphatic heterocycles. The minimum atomic E-state index is -3.43. The van der Waals surface area contributed by atoms with Gasteiger partial charge in [-0.25, -0.2) is 13.1 Å². The van der Waals surface area contributed by atoms with E-state index in [0.29, 0.717) is 11.4 Å². The Balaban J connectivity index is 0.00000102. The second kappa shape index (κ2) is 10.4. The van der Waals surface area contributed by atoms with Crippen LogP contribution in [0.15, 0.2) is 59.5 Å². The molecule has 2 aromatic carbocycles. The van der Waals surface area contributed by atoms with Gasteiger partial charge in [-0.1, -0.05) is 48.0 Å². The Bertz CT molecular complexity index is 638. The minimum absolute atomic E-state index is 0.295. The van der Waals surface area contributed by atoms with Gasteiger partial charge < -0.3 is 9.59 Å². The van der Waals surface area contributed by atoms with Gasteiger partial charge in [-0.3, -0.25) is 0 Å². The van der Waals surface area contributed by atoms with Crippen molar-refractivity contribution >= 4 is 23.6 Å². The number of hydrogen-bond donors (Lipinski definition) is 1. The first-order valence-electron chi connectivity index (χ1n) is 6.26. The number of hydrogen-bond acceptors (Lipinski definition) is 4.